The Bertz CT molecular complexity index is 440. The molecule has 2 N–H and O–H groups in total. The molecule has 1 aromatic rings. The number of hydrogen-bond acceptors (Lipinski definition) is 2. The Hall–Kier alpha value is -1.49. The van der Waals surface area contributed by atoms with Crippen LogP contribution in [-0.2, 0) is 4.79 Å². The van der Waals surface area contributed by atoms with Gasteiger partial charge in [0.15, 0.2) is 0 Å². The number of hydrogen-bond donors (Lipinski definition) is 2. The number of benzene rings is 1. The van der Waals surface area contributed by atoms with Crippen molar-refractivity contribution in [2.75, 3.05) is 0 Å². The molecule has 0 amide bonds. The highest BCUT2D eigenvalue weighted by atomic mass is 19.1. The third kappa shape index (κ3) is 2.67. The number of aliphatic carboxylic acids is 1. The van der Waals surface area contributed by atoms with Gasteiger partial charge in [-0.1, -0.05) is 6.07 Å². The van der Waals surface area contributed by atoms with Crippen LogP contribution in [-0.4, -0.2) is 17.1 Å². The topological polar surface area (TPSA) is 49.3 Å². The Labute approximate surface area is 104 Å². The van der Waals surface area contributed by atoms with Gasteiger partial charge in [0.05, 0.1) is 0 Å². The minimum absolute atomic E-state index is 0.0692. The number of carboxylic acid groups (broad SMARTS) is 1. The largest absolute Gasteiger partial charge is 0.480 e. The molecule has 1 aliphatic carbocycles. The second kappa shape index (κ2) is 5.02. The number of carbonyl (C=O) groups is 1. The van der Waals surface area contributed by atoms with Gasteiger partial charge in [-0.05, 0) is 37.8 Å². The quantitative estimate of drug-likeness (QED) is 0.849. The maximum absolute atomic E-state index is 13.5. The van der Waals surface area contributed by atoms with E-state index < -0.39 is 29.7 Å². The summed E-state index contributed by atoms with van der Waals surface area (Å²) in [7, 11) is 0. The van der Waals surface area contributed by atoms with Crippen LogP contribution < -0.4 is 5.32 Å². The first-order valence-electron chi connectivity index (χ1n) is 5.93. The van der Waals surface area contributed by atoms with Crippen molar-refractivity contribution in [3.63, 3.8) is 0 Å². The summed E-state index contributed by atoms with van der Waals surface area (Å²) in [6.07, 6.45) is 1.69. The van der Waals surface area contributed by atoms with Crippen molar-refractivity contribution >= 4 is 5.97 Å². The van der Waals surface area contributed by atoms with Crippen LogP contribution in [0.15, 0.2) is 18.2 Å². The van der Waals surface area contributed by atoms with Crippen LogP contribution in [0.4, 0.5) is 8.78 Å². The molecule has 0 aliphatic heterocycles. The first kappa shape index (κ1) is 13.0. The Balaban J connectivity index is 2.15. The van der Waals surface area contributed by atoms with Gasteiger partial charge in [-0.15, -0.1) is 0 Å². The lowest BCUT2D eigenvalue weighted by Gasteiger charge is -2.21. The number of rotatable bonds is 5. The monoisotopic (exact) mass is 255 g/mol. The maximum atomic E-state index is 13.5. The molecule has 0 aromatic heterocycles. The summed E-state index contributed by atoms with van der Waals surface area (Å²) in [6, 6.07) is 2.22. The van der Waals surface area contributed by atoms with E-state index in [1.54, 1.807) is 6.92 Å². The molecule has 0 heterocycles. The van der Waals surface area contributed by atoms with Crippen LogP contribution in [0, 0.1) is 17.6 Å². The van der Waals surface area contributed by atoms with Crippen LogP contribution in [0.3, 0.4) is 0 Å². The first-order chi connectivity index (χ1) is 8.50. The average molecular weight is 255 g/mol. The second-order valence-electron chi connectivity index (χ2n) is 4.68. The summed E-state index contributed by atoms with van der Waals surface area (Å²) in [5.41, 5.74) is -0.107. The van der Waals surface area contributed by atoms with Crippen LogP contribution in [0.1, 0.15) is 31.4 Å². The van der Waals surface area contributed by atoms with Crippen molar-refractivity contribution in [2.24, 2.45) is 5.92 Å². The fourth-order valence-electron chi connectivity index (χ4n) is 2.12. The summed E-state index contributed by atoms with van der Waals surface area (Å²) in [6.45, 7) is 1.57. The molecule has 0 spiro atoms. The minimum atomic E-state index is -0.971. The van der Waals surface area contributed by atoms with Crippen molar-refractivity contribution < 1.29 is 18.7 Å². The number of halogens is 2. The van der Waals surface area contributed by atoms with E-state index in [0.717, 1.165) is 12.8 Å². The second-order valence-corrected chi connectivity index (χ2v) is 4.68. The van der Waals surface area contributed by atoms with Crippen molar-refractivity contribution in [3.8, 4) is 0 Å². The predicted octanol–water partition coefficient (Wildman–Crippen LogP) is 2.48. The van der Waals surface area contributed by atoms with E-state index in [9.17, 15) is 13.6 Å². The van der Waals surface area contributed by atoms with Crippen molar-refractivity contribution in [3.05, 3.63) is 35.4 Å². The SMILES string of the molecule is CC(NC(C(=O)O)C1CC1)c1c(F)cccc1F. The standard InChI is InChI=1S/C13H15F2NO2/c1-7(11-9(14)3-2-4-10(11)15)16-12(13(17)18)8-5-6-8/h2-4,7-8,12,16H,5-6H2,1H3,(H,17,18). The Morgan fingerprint density at radius 1 is 1.39 bits per heavy atom. The lowest BCUT2D eigenvalue weighted by molar-refractivity contribution is -0.140. The molecule has 1 saturated carbocycles. The van der Waals surface area contributed by atoms with E-state index in [-0.39, 0.29) is 11.5 Å². The normalized spacial score (nSPS) is 18.4. The lowest BCUT2D eigenvalue weighted by atomic mass is 10.0. The minimum Gasteiger partial charge on any atom is -0.480 e. The van der Waals surface area contributed by atoms with Gasteiger partial charge in [-0.25, -0.2) is 8.78 Å². The van der Waals surface area contributed by atoms with Gasteiger partial charge in [-0.2, -0.15) is 0 Å². The zero-order valence-electron chi connectivity index (χ0n) is 9.99. The summed E-state index contributed by atoms with van der Waals surface area (Å²) >= 11 is 0. The molecular weight excluding hydrogens is 240 g/mol. The fraction of sp³-hybridized carbons (Fsp3) is 0.462. The first-order valence-corrected chi connectivity index (χ1v) is 5.93. The Kier molecular flexibility index (Phi) is 3.61. The van der Waals surface area contributed by atoms with Gasteiger partial charge < -0.3 is 5.11 Å². The highest BCUT2D eigenvalue weighted by Gasteiger charge is 2.37. The molecule has 2 rings (SSSR count). The van der Waals surface area contributed by atoms with E-state index in [1.165, 1.54) is 18.2 Å². The zero-order chi connectivity index (χ0) is 13.3. The van der Waals surface area contributed by atoms with Crippen molar-refractivity contribution in [2.45, 2.75) is 31.8 Å². The van der Waals surface area contributed by atoms with E-state index >= 15 is 0 Å². The maximum Gasteiger partial charge on any atom is 0.320 e. The molecule has 0 radical (unpaired) electrons. The summed E-state index contributed by atoms with van der Waals surface area (Å²) < 4.78 is 27.1. The smallest absolute Gasteiger partial charge is 0.320 e. The number of nitrogens with one attached hydrogen (secondary N) is 1. The average Bonchev–Trinajstić information content (AvgIpc) is 3.09. The van der Waals surface area contributed by atoms with Gasteiger partial charge in [0.2, 0.25) is 0 Å². The Morgan fingerprint density at radius 2 is 1.94 bits per heavy atom. The molecule has 1 aromatic carbocycles. The third-order valence-corrected chi connectivity index (χ3v) is 3.22. The molecular formula is C13H15F2NO2. The molecule has 0 bridgehead atoms. The fourth-order valence-corrected chi connectivity index (χ4v) is 2.12. The summed E-state index contributed by atoms with van der Waals surface area (Å²) in [4.78, 5) is 11.1. The van der Waals surface area contributed by atoms with Gasteiger partial charge in [0.1, 0.15) is 17.7 Å². The lowest BCUT2D eigenvalue weighted by Crippen LogP contribution is -2.40. The van der Waals surface area contributed by atoms with E-state index in [0.29, 0.717) is 0 Å². The van der Waals surface area contributed by atoms with Crippen LogP contribution in [0.5, 0.6) is 0 Å². The highest BCUT2D eigenvalue weighted by molar-refractivity contribution is 5.74. The van der Waals surface area contributed by atoms with Gasteiger partial charge >= 0.3 is 5.97 Å². The van der Waals surface area contributed by atoms with Gasteiger partial charge in [-0.3, -0.25) is 10.1 Å². The Morgan fingerprint density at radius 3 is 2.39 bits per heavy atom. The van der Waals surface area contributed by atoms with Crippen LogP contribution in [0.25, 0.3) is 0 Å². The predicted molar refractivity (Wildman–Crippen MR) is 62.1 cm³/mol. The van der Waals surface area contributed by atoms with Crippen LogP contribution >= 0.6 is 0 Å². The van der Waals surface area contributed by atoms with Gasteiger partial charge in [0.25, 0.3) is 0 Å². The molecule has 2 unspecified atom stereocenters. The molecule has 5 heteroatoms. The number of carboxylic acids is 1. The van der Waals surface area contributed by atoms with E-state index in [2.05, 4.69) is 5.32 Å². The van der Waals surface area contributed by atoms with Crippen molar-refractivity contribution in [1.29, 1.82) is 0 Å². The van der Waals surface area contributed by atoms with E-state index in [4.69, 9.17) is 5.11 Å². The molecule has 2 atom stereocenters. The molecule has 0 saturated heterocycles. The molecule has 1 fully saturated rings. The molecule has 1 aliphatic rings. The molecule has 98 valence electrons. The molecule has 3 nitrogen and oxygen atoms in total. The highest BCUT2D eigenvalue weighted by Crippen LogP contribution is 2.34. The molecule has 18 heavy (non-hydrogen) atoms. The van der Waals surface area contributed by atoms with E-state index in [1.807, 2.05) is 0 Å². The van der Waals surface area contributed by atoms with Crippen molar-refractivity contribution in [1.82, 2.24) is 5.32 Å². The summed E-state index contributed by atoms with van der Waals surface area (Å²) in [5, 5.41) is 11.9. The van der Waals surface area contributed by atoms with Crippen LogP contribution in [0.2, 0.25) is 0 Å². The van der Waals surface area contributed by atoms with Gasteiger partial charge in [0, 0.05) is 11.6 Å². The third-order valence-electron chi connectivity index (χ3n) is 3.22. The zero-order valence-corrected chi connectivity index (χ0v) is 9.99. The summed E-state index contributed by atoms with van der Waals surface area (Å²) in [5.74, 6) is -2.22.